The number of hydrazone groups is 1. The van der Waals surface area contributed by atoms with Gasteiger partial charge in [0.15, 0.2) is 0 Å². The van der Waals surface area contributed by atoms with Gasteiger partial charge in [-0.15, -0.1) is 0 Å². The van der Waals surface area contributed by atoms with Gasteiger partial charge in [-0.3, -0.25) is 4.79 Å². The van der Waals surface area contributed by atoms with E-state index in [2.05, 4.69) is 10.5 Å². The van der Waals surface area contributed by atoms with Crippen LogP contribution in [0.3, 0.4) is 0 Å². The maximum atomic E-state index is 12.9. The van der Waals surface area contributed by atoms with Crippen molar-refractivity contribution in [3.8, 4) is 0 Å². The maximum Gasteiger partial charge on any atom is 0.271 e. The number of carbonyl (C=O) groups excluding carboxylic acids is 1. The van der Waals surface area contributed by atoms with Crippen molar-refractivity contribution in [3.05, 3.63) is 70.5 Å². The molecule has 0 spiro atoms. The minimum atomic E-state index is -0.320. The van der Waals surface area contributed by atoms with Crippen molar-refractivity contribution in [3.63, 3.8) is 0 Å². The first-order valence-corrected chi connectivity index (χ1v) is 6.86. The van der Waals surface area contributed by atoms with E-state index in [0.717, 1.165) is 5.56 Å². The second-order valence-electron chi connectivity index (χ2n) is 4.37. The Morgan fingerprint density at radius 2 is 1.67 bits per heavy atom. The van der Waals surface area contributed by atoms with Crippen molar-refractivity contribution in [2.24, 2.45) is 5.10 Å². The van der Waals surface area contributed by atoms with E-state index in [4.69, 9.17) is 11.6 Å². The predicted octanol–water partition coefficient (Wildman–Crippen LogP) is 4.02. The molecular formula is C16H14ClFN2O. The lowest BCUT2D eigenvalue weighted by molar-refractivity contribution is 0.0955. The number of halogens is 2. The maximum absolute atomic E-state index is 12.9. The fraction of sp³-hybridized carbons (Fsp3) is 0.125. The molecule has 0 heterocycles. The Kier molecular flexibility index (Phi) is 5.06. The highest BCUT2D eigenvalue weighted by molar-refractivity contribution is 6.30. The molecule has 1 amide bonds. The van der Waals surface area contributed by atoms with Gasteiger partial charge in [-0.25, -0.2) is 9.82 Å². The summed E-state index contributed by atoms with van der Waals surface area (Å²) in [6.45, 7) is 1.91. The number of hydrogen-bond acceptors (Lipinski definition) is 2. The lowest BCUT2D eigenvalue weighted by Gasteiger charge is -2.05. The largest absolute Gasteiger partial charge is 0.271 e. The molecule has 0 saturated heterocycles. The molecule has 0 aromatic heterocycles. The zero-order chi connectivity index (χ0) is 15.2. The number of rotatable bonds is 4. The molecule has 0 radical (unpaired) electrons. The summed E-state index contributed by atoms with van der Waals surface area (Å²) in [4.78, 5) is 11.9. The molecule has 108 valence electrons. The number of benzene rings is 2. The molecule has 0 aliphatic heterocycles. The van der Waals surface area contributed by atoms with Crippen LogP contribution < -0.4 is 5.43 Å². The second kappa shape index (κ2) is 6.99. The fourth-order valence-corrected chi connectivity index (χ4v) is 1.90. The molecule has 5 heteroatoms. The van der Waals surface area contributed by atoms with Gasteiger partial charge in [-0.05, 0) is 48.4 Å². The van der Waals surface area contributed by atoms with Crippen LogP contribution in [0.1, 0.15) is 29.3 Å². The van der Waals surface area contributed by atoms with Gasteiger partial charge in [-0.2, -0.15) is 5.10 Å². The Bertz CT molecular complexity index is 651. The highest BCUT2D eigenvalue weighted by atomic mass is 35.5. The molecule has 21 heavy (non-hydrogen) atoms. The van der Waals surface area contributed by atoms with Crippen molar-refractivity contribution in [1.82, 2.24) is 5.43 Å². The molecule has 0 unspecified atom stereocenters. The van der Waals surface area contributed by atoms with E-state index in [-0.39, 0.29) is 11.7 Å². The minimum absolute atomic E-state index is 0.306. The van der Waals surface area contributed by atoms with E-state index in [1.807, 2.05) is 6.92 Å². The summed E-state index contributed by atoms with van der Waals surface area (Å²) < 4.78 is 12.9. The van der Waals surface area contributed by atoms with Gasteiger partial charge in [0.25, 0.3) is 5.91 Å². The first-order chi connectivity index (χ1) is 10.1. The first-order valence-electron chi connectivity index (χ1n) is 6.48. The molecule has 1 N–H and O–H groups in total. The third-order valence-corrected chi connectivity index (χ3v) is 3.16. The Morgan fingerprint density at radius 3 is 2.24 bits per heavy atom. The molecule has 0 aliphatic carbocycles. The van der Waals surface area contributed by atoms with Gasteiger partial charge in [-0.1, -0.05) is 30.7 Å². The quantitative estimate of drug-likeness (QED) is 0.672. The van der Waals surface area contributed by atoms with Crippen molar-refractivity contribution >= 4 is 23.2 Å². The molecule has 3 nitrogen and oxygen atoms in total. The van der Waals surface area contributed by atoms with Crippen LogP contribution in [0.15, 0.2) is 53.6 Å². The summed E-state index contributed by atoms with van der Waals surface area (Å²) >= 11 is 5.77. The van der Waals surface area contributed by atoms with Gasteiger partial charge >= 0.3 is 0 Å². The van der Waals surface area contributed by atoms with Crippen LogP contribution in [0, 0.1) is 5.82 Å². The summed E-state index contributed by atoms with van der Waals surface area (Å²) in [6, 6.07) is 12.5. The number of carbonyl (C=O) groups is 1. The standard InChI is InChI=1S/C16H14ClFN2O/c1-2-15(11-5-9-14(18)10-6-11)19-20-16(21)12-3-7-13(17)8-4-12/h3-10H,2H2,1H3,(H,20,21)/b19-15-. The molecule has 0 saturated carbocycles. The van der Waals surface area contributed by atoms with E-state index in [0.29, 0.717) is 22.7 Å². The van der Waals surface area contributed by atoms with Gasteiger partial charge in [0.05, 0.1) is 5.71 Å². The third kappa shape index (κ3) is 4.13. The van der Waals surface area contributed by atoms with E-state index in [1.165, 1.54) is 12.1 Å². The van der Waals surface area contributed by atoms with Crippen LogP contribution in [0.4, 0.5) is 4.39 Å². The number of nitrogens with one attached hydrogen (secondary N) is 1. The zero-order valence-electron chi connectivity index (χ0n) is 11.4. The van der Waals surface area contributed by atoms with E-state index in [1.54, 1.807) is 36.4 Å². The minimum Gasteiger partial charge on any atom is -0.267 e. The van der Waals surface area contributed by atoms with Crippen molar-refractivity contribution in [2.45, 2.75) is 13.3 Å². The average Bonchev–Trinajstić information content (AvgIpc) is 2.50. The molecule has 2 aromatic carbocycles. The topological polar surface area (TPSA) is 41.5 Å². The second-order valence-corrected chi connectivity index (χ2v) is 4.80. The number of amides is 1. The molecule has 0 atom stereocenters. The summed E-state index contributed by atoms with van der Waals surface area (Å²) in [6.07, 6.45) is 0.618. The highest BCUT2D eigenvalue weighted by Gasteiger charge is 2.06. The van der Waals surface area contributed by atoms with Crippen LogP contribution in [0.5, 0.6) is 0 Å². The summed E-state index contributed by atoms with van der Waals surface area (Å²) in [5, 5.41) is 4.67. The smallest absolute Gasteiger partial charge is 0.267 e. The Balaban J connectivity index is 2.12. The normalized spacial score (nSPS) is 11.3. The van der Waals surface area contributed by atoms with Crippen molar-refractivity contribution in [1.29, 1.82) is 0 Å². The molecular weight excluding hydrogens is 291 g/mol. The van der Waals surface area contributed by atoms with Gasteiger partial charge in [0.1, 0.15) is 5.82 Å². The highest BCUT2D eigenvalue weighted by Crippen LogP contribution is 2.10. The Hall–Kier alpha value is -2.20. The Morgan fingerprint density at radius 1 is 1.10 bits per heavy atom. The van der Waals surface area contributed by atoms with E-state index in [9.17, 15) is 9.18 Å². The average molecular weight is 305 g/mol. The van der Waals surface area contributed by atoms with Crippen LogP contribution in [0.25, 0.3) is 0 Å². The van der Waals surface area contributed by atoms with Gasteiger partial charge in [0, 0.05) is 10.6 Å². The predicted molar refractivity (Wildman–Crippen MR) is 82.1 cm³/mol. The first kappa shape index (κ1) is 15.2. The van der Waals surface area contributed by atoms with Crippen molar-refractivity contribution in [2.75, 3.05) is 0 Å². The van der Waals surface area contributed by atoms with Crippen LogP contribution in [-0.4, -0.2) is 11.6 Å². The van der Waals surface area contributed by atoms with E-state index >= 15 is 0 Å². The monoisotopic (exact) mass is 304 g/mol. The van der Waals surface area contributed by atoms with E-state index < -0.39 is 0 Å². The molecule has 0 bridgehead atoms. The SMILES string of the molecule is CC/C(=N/NC(=O)c1ccc(Cl)cc1)c1ccc(F)cc1. The molecule has 0 aliphatic rings. The van der Waals surface area contributed by atoms with Crippen molar-refractivity contribution < 1.29 is 9.18 Å². The van der Waals surface area contributed by atoms with Gasteiger partial charge in [0.2, 0.25) is 0 Å². The summed E-state index contributed by atoms with van der Waals surface area (Å²) in [5.41, 5.74) is 4.42. The number of nitrogens with zero attached hydrogens (tertiary/aromatic N) is 1. The fourth-order valence-electron chi connectivity index (χ4n) is 1.77. The van der Waals surface area contributed by atoms with Crippen LogP contribution in [0.2, 0.25) is 5.02 Å². The van der Waals surface area contributed by atoms with Gasteiger partial charge < -0.3 is 0 Å². The van der Waals surface area contributed by atoms with Crippen LogP contribution in [-0.2, 0) is 0 Å². The summed E-state index contributed by atoms with van der Waals surface area (Å²) in [7, 11) is 0. The number of hydrogen-bond donors (Lipinski definition) is 1. The van der Waals surface area contributed by atoms with Crippen LogP contribution >= 0.6 is 11.6 Å². The lowest BCUT2D eigenvalue weighted by atomic mass is 10.1. The lowest BCUT2D eigenvalue weighted by Crippen LogP contribution is -2.19. The molecule has 2 aromatic rings. The third-order valence-electron chi connectivity index (χ3n) is 2.91. The molecule has 0 fully saturated rings. The summed E-state index contributed by atoms with van der Waals surface area (Å²) in [5.74, 6) is -0.626. The Labute approximate surface area is 127 Å². The molecule has 2 rings (SSSR count). The zero-order valence-corrected chi connectivity index (χ0v) is 12.2.